The van der Waals surface area contributed by atoms with Crippen molar-refractivity contribution in [3.63, 3.8) is 0 Å². The molecule has 6 heteroatoms. The van der Waals surface area contributed by atoms with Gasteiger partial charge in [0.1, 0.15) is 17.3 Å². The third kappa shape index (κ3) is 4.91. The van der Waals surface area contributed by atoms with Gasteiger partial charge in [0.25, 0.3) is 5.91 Å². The molecule has 0 saturated heterocycles. The van der Waals surface area contributed by atoms with Crippen LogP contribution >= 0.6 is 0 Å². The van der Waals surface area contributed by atoms with Crippen LogP contribution in [0.2, 0.25) is 0 Å². The Hall–Kier alpha value is -3.80. The van der Waals surface area contributed by atoms with Gasteiger partial charge in [-0.25, -0.2) is 4.98 Å². The van der Waals surface area contributed by atoms with Crippen LogP contribution in [-0.2, 0) is 13.1 Å². The summed E-state index contributed by atoms with van der Waals surface area (Å²) < 4.78 is 13.3. The SMILES string of the molecule is COc1cccc(C(=O)NCc2nc3ccccc3n2CCCOc2ccccc2C)c1. The van der Waals surface area contributed by atoms with E-state index < -0.39 is 0 Å². The van der Waals surface area contributed by atoms with Crippen molar-refractivity contribution in [3.8, 4) is 11.5 Å². The standard InChI is InChI=1S/C26H27N3O3/c1-19-9-3-6-14-24(19)32-16-8-15-29-23-13-5-4-12-22(23)28-25(29)18-27-26(30)20-10-7-11-21(17-20)31-2/h3-7,9-14,17H,8,15-16,18H2,1-2H3,(H,27,30). The van der Waals surface area contributed by atoms with Gasteiger partial charge in [-0.1, -0.05) is 36.4 Å². The summed E-state index contributed by atoms with van der Waals surface area (Å²) in [5, 5.41) is 2.98. The lowest BCUT2D eigenvalue weighted by Crippen LogP contribution is -2.25. The maximum Gasteiger partial charge on any atom is 0.251 e. The fraction of sp³-hybridized carbons (Fsp3) is 0.231. The molecule has 0 spiro atoms. The lowest BCUT2D eigenvalue weighted by atomic mass is 10.2. The van der Waals surface area contributed by atoms with E-state index in [1.807, 2.05) is 55.5 Å². The molecule has 0 fully saturated rings. The summed E-state index contributed by atoms with van der Waals surface area (Å²) in [6.45, 7) is 3.73. The largest absolute Gasteiger partial charge is 0.497 e. The number of para-hydroxylation sites is 3. The van der Waals surface area contributed by atoms with Gasteiger partial charge in [-0.15, -0.1) is 0 Å². The van der Waals surface area contributed by atoms with Gasteiger partial charge in [0, 0.05) is 12.1 Å². The second-order valence-electron chi connectivity index (χ2n) is 7.55. The zero-order valence-electron chi connectivity index (χ0n) is 18.4. The van der Waals surface area contributed by atoms with Gasteiger partial charge >= 0.3 is 0 Å². The smallest absolute Gasteiger partial charge is 0.251 e. The van der Waals surface area contributed by atoms with Crippen LogP contribution in [0.15, 0.2) is 72.8 Å². The van der Waals surface area contributed by atoms with Gasteiger partial charge in [-0.3, -0.25) is 4.79 Å². The molecular formula is C26H27N3O3. The average Bonchev–Trinajstić information content (AvgIpc) is 3.18. The summed E-state index contributed by atoms with van der Waals surface area (Å²) in [5.41, 5.74) is 3.65. The number of hydrogen-bond donors (Lipinski definition) is 1. The molecule has 6 nitrogen and oxygen atoms in total. The molecule has 0 aliphatic rings. The Kier molecular flexibility index (Phi) is 6.70. The van der Waals surface area contributed by atoms with Gasteiger partial charge in [-0.2, -0.15) is 0 Å². The first-order valence-corrected chi connectivity index (χ1v) is 10.7. The van der Waals surface area contributed by atoms with Crippen LogP contribution in [0.1, 0.15) is 28.2 Å². The number of amides is 1. The monoisotopic (exact) mass is 429 g/mol. The molecule has 4 aromatic rings. The molecule has 0 aliphatic heterocycles. The lowest BCUT2D eigenvalue weighted by molar-refractivity contribution is 0.0949. The van der Waals surface area contributed by atoms with Crippen LogP contribution in [-0.4, -0.2) is 29.2 Å². The molecular weight excluding hydrogens is 402 g/mol. The molecule has 3 aromatic carbocycles. The van der Waals surface area contributed by atoms with Crippen molar-refractivity contribution < 1.29 is 14.3 Å². The Labute approximate surface area is 187 Å². The number of hydrogen-bond acceptors (Lipinski definition) is 4. The lowest BCUT2D eigenvalue weighted by Gasteiger charge is -2.12. The van der Waals surface area contributed by atoms with Crippen molar-refractivity contribution in [2.75, 3.05) is 13.7 Å². The van der Waals surface area contributed by atoms with Gasteiger partial charge < -0.3 is 19.4 Å². The minimum Gasteiger partial charge on any atom is -0.497 e. The first-order valence-electron chi connectivity index (χ1n) is 10.7. The van der Waals surface area contributed by atoms with Crippen LogP contribution in [0.5, 0.6) is 11.5 Å². The minimum absolute atomic E-state index is 0.162. The Morgan fingerprint density at radius 1 is 1.03 bits per heavy atom. The molecule has 164 valence electrons. The Bertz CT molecular complexity index is 1220. The predicted molar refractivity (Wildman–Crippen MR) is 125 cm³/mol. The third-order valence-electron chi connectivity index (χ3n) is 5.35. The Morgan fingerprint density at radius 3 is 2.69 bits per heavy atom. The number of aromatic nitrogens is 2. The van der Waals surface area contributed by atoms with E-state index >= 15 is 0 Å². The highest BCUT2D eigenvalue weighted by atomic mass is 16.5. The quantitative estimate of drug-likeness (QED) is 0.390. The number of ether oxygens (including phenoxy) is 2. The molecule has 0 unspecified atom stereocenters. The van der Waals surface area contributed by atoms with E-state index in [-0.39, 0.29) is 5.91 Å². The molecule has 1 heterocycles. The van der Waals surface area contributed by atoms with E-state index in [4.69, 9.17) is 14.5 Å². The highest BCUT2D eigenvalue weighted by molar-refractivity contribution is 5.94. The number of methoxy groups -OCH3 is 1. The van der Waals surface area contributed by atoms with Gasteiger partial charge in [0.15, 0.2) is 0 Å². The molecule has 0 aliphatic carbocycles. The van der Waals surface area contributed by atoms with E-state index in [1.54, 1.807) is 25.3 Å². The molecule has 1 N–H and O–H groups in total. The van der Waals surface area contributed by atoms with Gasteiger partial charge in [0.05, 0.1) is 31.3 Å². The molecule has 4 rings (SSSR count). The molecule has 0 atom stereocenters. The highest BCUT2D eigenvalue weighted by Crippen LogP contribution is 2.19. The summed E-state index contributed by atoms with van der Waals surface area (Å²) in [6, 6.07) is 23.1. The summed E-state index contributed by atoms with van der Waals surface area (Å²) >= 11 is 0. The molecule has 1 aromatic heterocycles. The summed E-state index contributed by atoms with van der Waals surface area (Å²) in [5.74, 6) is 2.22. The van der Waals surface area contributed by atoms with Crippen LogP contribution in [0.4, 0.5) is 0 Å². The molecule has 32 heavy (non-hydrogen) atoms. The van der Waals surface area contributed by atoms with Crippen molar-refractivity contribution in [2.24, 2.45) is 0 Å². The van der Waals surface area contributed by atoms with Crippen molar-refractivity contribution in [1.82, 2.24) is 14.9 Å². The number of nitrogens with zero attached hydrogens (tertiary/aromatic N) is 2. The predicted octanol–water partition coefficient (Wildman–Crippen LogP) is 4.75. The van der Waals surface area contributed by atoms with Crippen LogP contribution in [0.25, 0.3) is 11.0 Å². The van der Waals surface area contributed by atoms with E-state index in [1.165, 1.54) is 0 Å². The number of imidazole rings is 1. The average molecular weight is 430 g/mol. The number of benzene rings is 3. The Morgan fingerprint density at radius 2 is 1.84 bits per heavy atom. The first-order chi connectivity index (χ1) is 15.7. The van der Waals surface area contributed by atoms with Crippen molar-refractivity contribution in [3.05, 3.63) is 89.7 Å². The zero-order chi connectivity index (χ0) is 22.3. The number of fused-ring (bicyclic) bond motifs is 1. The summed E-state index contributed by atoms with van der Waals surface area (Å²) in [6.07, 6.45) is 0.825. The van der Waals surface area contributed by atoms with Gasteiger partial charge in [0.2, 0.25) is 0 Å². The maximum atomic E-state index is 12.6. The van der Waals surface area contributed by atoms with E-state index in [2.05, 4.69) is 16.0 Å². The zero-order valence-corrected chi connectivity index (χ0v) is 18.4. The maximum absolute atomic E-state index is 12.6. The van der Waals surface area contributed by atoms with Crippen LogP contribution in [0, 0.1) is 6.92 Å². The van der Waals surface area contributed by atoms with Gasteiger partial charge in [-0.05, 0) is 55.3 Å². The number of nitrogens with one attached hydrogen (secondary N) is 1. The Balaban J connectivity index is 1.44. The van der Waals surface area contributed by atoms with E-state index in [0.29, 0.717) is 24.5 Å². The highest BCUT2D eigenvalue weighted by Gasteiger charge is 2.13. The number of aryl methyl sites for hydroxylation is 2. The van der Waals surface area contributed by atoms with Crippen molar-refractivity contribution in [1.29, 1.82) is 0 Å². The van der Waals surface area contributed by atoms with Crippen molar-refractivity contribution in [2.45, 2.75) is 26.4 Å². The first kappa shape index (κ1) is 21.4. The molecule has 0 bridgehead atoms. The number of carbonyl (C=O) groups excluding carboxylic acids is 1. The number of rotatable bonds is 9. The normalized spacial score (nSPS) is 10.8. The second kappa shape index (κ2) is 10.0. The van der Waals surface area contributed by atoms with E-state index in [0.717, 1.165) is 41.1 Å². The molecule has 0 saturated carbocycles. The van der Waals surface area contributed by atoms with Crippen LogP contribution in [0.3, 0.4) is 0 Å². The third-order valence-corrected chi connectivity index (χ3v) is 5.35. The summed E-state index contributed by atoms with van der Waals surface area (Å²) in [4.78, 5) is 17.4. The number of carbonyl (C=O) groups is 1. The van der Waals surface area contributed by atoms with Crippen LogP contribution < -0.4 is 14.8 Å². The topological polar surface area (TPSA) is 65.4 Å². The molecule has 1 amide bonds. The second-order valence-corrected chi connectivity index (χ2v) is 7.55. The van der Waals surface area contributed by atoms with E-state index in [9.17, 15) is 4.79 Å². The summed E-state index contributed by atoms with van der Waals surface area (Å²) in [7, 11) is 1.59. The fourth-order valence-corrected chi connectivity index (χ4v) is 3.66. The fourth-order valence-electron chi connectivity index (χ4n) is 3.66. The minimum atomic E-state index is -0.162. The van der Waals surface area contributed by atoms with Crippen molar-refractivity contribution >= 4 is 16.9 Å². The molecule has 0 radical (unpaired) electrons.